The van der Waals surface area contributed by atoms with E-state index in [0.717, 1.165) is 0 Å². The van der Waals surface area contributed by atoms with Gasteiger partial charge in [0.15, 0.2) is 6.29 Å². The number of anilines is 1. The maximum atomic E-state index is 13.3. The van der Waals surface area contributed by atoms with Crippen molar-refractivity contribution in [3.63, 3.8) is 0 Å². The van der Waals surface area contributed by atoms with Crippen molar-refractivity contribution in [2.24, 2.45) is 0 Å². The average molecular weight is 205 g/mol. The summed E-state index contributed by atoms with van der Waals surface area (Å²) in [5, 5.41) is 0. The average Bonchev–Trinajstić information content (AvgIpc) is 2.25. The second-order valence-corrected chi connectivity index (χ2v) is 3.01. The molecular formula is C12H12FNO. The SMILES string of the molecule is C#CCN(CC)c1cccc(F)c1C=O. The third-order valence-corrected chi connectivity index (χ3v) is 2.15. The van der Waals surface area contributed by atoms with Crippen LogP contribution in [-0.2, 0) is 0 Å². The molecule has 0 fully saturated rings. The number of carbonyl (C=O) groups is 1. The first kappa shape index (κ1) is 11.3. The number of rotatable bonds is 4. The highest BCUT2D eigenvalue weighted by atomic mass is 19.1. The van der Waals surface area contributed by atoms with Crippen LogP contribution in [0.5, 0.6) is 0 Å². The molecule has 0 radical (unpaired) electrons. The largest absolute Gasteiger partial charge is 0.360 e. The zero-order valence-electron chi connectivity index (χ0n) is 8.53. The fourth-order valence-corrected chi connectivity index (χ4v) is 1.40. The molecule has 0 N–H and O–H groups in total. The van der Waals surface area contributed by atoms with Gasteiger partial charge in [-0.25, -0.2) is 4.39 Å². The van der Waals surface area contributed by atoms with Gasteiger partial charge >= 0.3 is 0 Å². The second-order valence-electron chi connectivity index (χ2n) is 3.01. The predicted octanol–water partition coefficient (Wildman–Crippen LogP) is 2.10. The Kier molecular flexibility index (Phi) is 3.87. The van der Waals surface area contributed by atoms with Crippen molar-refractivity contribution in [1.82, 2.24) is 0 Å². The number of hydrogen-bond donors (Lipinski definition) is 0. The molecule has 1 rings (SSSR count). The van der Waals surface area contributed by atoms with Crippen LogP contribution in [-0.4, -0.2) is 19.4 Å². The minimum atomic E-state index is -0.516. The zero-order valence-corrected chi connectivity index (χ0v) is 8.53. The molecule has 0 amide bonds. The number of aldehydes is 1. The van der Waals surface area contributed by atoms with Gasteiger partial charge < -0.3 is 4.90 Å². The van der Waals surface area contributed by atoms with Crippen LogP contribution in [0.1, 0.15) is 17.3 Å². The molecule has 1 aromatic carbocycles. The molecule has 0 saturated heterocycles. The summed E-state index contributed by atoms with van der Waals surface area (Å²) in [4.78, 5) is 12.5. The number of terminal acetylenes is 1. The van der Waals surface area contributed by atoms with Gasteiger partial charge in [-0.05, 0) is 19.1 Å². The van der Waals surface area contributed by atoms with Gasteiger partial charge in [0.25, 0.3) is 0 Å². The summed E-state index contributed by atoms with van der Waals surface area (Å²) in [5.41, 5.74) is 0.611. The van der Waals surface area contributed by atoms with Crippen LogP contribution in [0.2, 0.25) is 0 Å². The number of benzene rings is 1. The Morgan fingerprint density at radius 2 is 2.33 bits per heavy atom. The summed E-state index contributed by atoms with van der Waals surface area (Å²) in [6.45, 7) is 2.89. The van der Waals surface area contributed by atoms with Crippen molar-refractivity contribution < 1.29 is 9.18 Å². The molecule has 0 unspecified atom stereocenters. The van der Waals surface area contributed by atoms with E-state index in [0.29, 0.717) is 25.1 Å². The maximum absolute atomic E-state index is 13.3. The van der Waals surface area contributed by atoms with Crippen molar-refractivity contribution in [3.8, 4) is 12.3 Å². The van der Waals surface area contributed by atoms with Gasteiger partial charge in [0.1, 0.15) is 5.82 Å². The van der Waals surface area contributed by atoms with Gasteiger partial charge in [-0.2, -0.15) is 0 Å². The Morgan fingerprint density at radius 1 is 1.60 bits per heavy atom. The van der Waals surface area contributed by atoms with Gasteiger partial charge in [0, 0.05) is 6.54 Å². The Morgan fingerprint density at radius 3 is 2.87 bits per heavy atom. The van der Waals surface area contributed by atoms with Gasteiger partial charge in [-0.1, -0.05) is 12.0 Å². The van der Waals surface area contributed by atoms with Crippen LogP contribution in [0.25, 0.3) is 0 Å². The lowest BCUT2D eigenvalue weighted by atomic mass is 10.1. The summed E-state index contributed by atoms with van der Waals surface area (Å²) in [5.74, 6) is 1.96. The van der Waals surface area contributed by atoms with Crippen molar-refractivity contribution in [2.45, 2.75) is 6.92 Å². The van der Waals surface area contributed by atoms with E-state index in [1.54, 1.807) is 17.0 Å². The molecule has 78 valence electrons. The third kappa shape index (κ3) is 2.35. The minimum absolute atomic E-state index is 0.0644. The molecule has 0 atom stereocenters. The van der Waals surface area contributed by atoms with Crippen molar-refractivity contribution in [2.75, 3.05) is 18.0 Å². The standard InChI is InChI=1S/C12H12FNO/c1-3-8-14(4-2)12-7-5-6-11(13)10(12)9-15/h1,5-7,9H,4,8H2,2H3. The summed E-state index contributed by atoms with van der Waals surface area (Å²) >= 11 is 0. The molecule has 0 heterocycles. The third-order valence-electron chi connectivity index (χ3n) is 2.15. The Bertz CT molecular complexity index is 395. The topological polar surface area (TPSA) is 20.3 Å². The lowest BCUT2D eigenvalue weighted by Crippen LogP contribution is -2.24. The highest BCUT2D eigenvalue weighted by molar-refractivity contribution is 5.85. The zero-order chi connectivity index (χ0) is 11.3. The van der Waals surface area contributed by atoms with E-state index < -0.39 is 5.82 Å². The monoisotopic (exact) mass is 205 g/mol. The predicted molar refractivity (Wildman–Crippen MR) is 58.5 cm³/mol. The van der Waals surface area contributed by atoms with E-state index in [4.69, 9.17) is 6.42 Å². The number of halogens is 1. The lowest BCUT2D eigenvalue weighted by Gasteiger charge is -2.21. The molecule has 3 heteroatoms. The molecule has 1 aromatic rings. The van der Waals surface area contributed by atoms with Gasteiger partial charge in [0.05, 0.1) is 17.8 Å². The summed E-state index contributed by atoms with van der Waals surface area (Å²) in [7, 11) is 0. The van der Waals surface area contributed by atoms with Crippen LogP contribution in [0.4, 0.5) is 10.1 Å². The normalized spacial score (nSPS) is 9.40. The van der Waals surface area contributed by atoms with Crippen molar-refractivity contribution >= 4 is 12.0 Å². The lowest BCUT2D eigenvalue weighted by molar-refractivity contribution is 0.112. The first-order valence-electron chi connectivity index (χ1n) is 4.66. The first-order valence-corrected chi connectivity index (χ1v) is 4.66. The molecule has 0 spiro atoms. The summed E-state index contributed by atoms with van der Waals surface area (Å²) in [6.07, 6.45) is 5.72. The van der Waals surface area contributed by atoms with Crippen LogP contribution in [0.3, 0.4) is 0 Å². The number of carbonyl (C=O) groups excluding carboxylic acids is 1. The fraction of sp³-hybridized carbons (Fsp3) is 0.250. The highest BCUT2D eigenvalue weighted by Gasteiger charge is 2.11. The second kappa shape index (κ2) is 5.16. The highest BCUT2D eigenvalue weighted by Crippen LogP contribution is 2.21. The minimum Gasteiger partial charge on any atom is -0.360 e. The van der Waals surface area contributed by atoms with Crippen molar-refractivity contribution in [1.29, 1.82) is 0 Å². The molecule has 0 aliphatic heterocycles. The molecule has 0 bridgehead atoms. The van der Waals surface area contributed by atoms with E-state index >= 15 is 0 Å². The van der Waals surface area contributed by atoms with Crippen LogP contribution in [0, 0.1) is 18.2 Å². The number of nitrogens with zero attached hydrogens (tertiary/aromatic N) is 1. The van der Waals surface area contributed by atoms with E-state index in [9.17, 15) is 9.18 Å². The van der Waals surface area contributed by atoms with Gasteiger partial charge in [-0.15, -0.1) is 6.42 Å². The molecule has 0 aromatic heterocycles. The van der Waals surface area contributed by atoms with Crippen LogP contribution in [0.15, 0.2) is 18.2 Å². The molecule has 0 aliphatic rings. The molecule has 0 aliphatic carbocycles. The van der Waals surface area contributed by atoms with Crippen molar-refractivity contribution in [3.05, 3.63) is 29.6 Å². The molecule has 15 heavy (non-hydrogen) atoms. The maximum Gasteiger partial charge on any atom is 0.155 e. The Hall–Kier alpha value is -1.82. The molecule has 2 nitrogen and oxygen atoms in total. The molecule has 0 saturated carbocycles. The molecular weight excluding hydrogens is 193 g/mol. The van der Waals surface area contributed by atoms with E-state index in [2.05, 4.69) is 5.92 Å². The summed E-state index contributed by atoms with van der Waals surface area (Å²) < 4.78 is 13.3. The van der Waals surface area contributed by atoms with E-state index in [1.807, 2.05) is 6.92 Å². The van der Waals surface area contributed by atoms with Gasteiger partial charge in [-0.3, -0.25) is 4.79 Å². The quantitative estimate of drug-likeness (QED) is 0.554. The Balaban J connectivity index is 3.17. The van der Waals surface area contributed by atoms with Gasteiger partial charge in [0.2, 0.25) is 0 Å². The fourth-order valence-electron chi connectivity index (χ4n) is 1.40. The summed E-state index contributed by atoms with van der Waals surface area (Å²) in [6, 6.07) is 4.52. The smallest absolute Gasteiger partial charge is 0.155 e. The first-order chi connectivity index (χ1) is 7.24. The number of hydrogen-bond acceptors (Lipinski definition) is 2. The van der Waals surface area contributed by atoms with E-state index in [1.165, 1.54) is 6.07 Å². The van der Waals surface area contributed by atoms with Crippen LogP contribution < -0.4 is 4.90 Å². The van der Waals surface area contributed by atoms with Crippen LogP contribution >= 0.6 is 0 Å². The Labute approximate surface area is 88.7 Å². The van der Waals surface area contributed by atoms with E-state index in [-0.39, 0.29) is 5.56 Å².